The van der Waals surface area contributed by atoms with Crippen LogP contribution in [0.25, 0.3) is 0 Å². The van der Waals surface area contributed by atoms with E-state index in [-0.39, 0.29) is 0 Å². The average molecular weight is 262 g/mol. The van der Waals surface area contributed by atoms with Crippen molar-refractivity contribution in [3.63, 3.8) is 0 Å². The van der Waals surface area contributed by atoms with Crippen molar-refractivity contribution in [2.24, 2.45) is 16.4 Å². The van der Waals surface area contributed by atoms with Gasteiger partial charge in [0.1, 0.15) is 11.4 Å². The molecule has 1 aromatic rings. The highest BCUT2D eigenvalue weighted by Crippen LogP contribution is 2.29. The zero-order valence-electron chi connectivity index (χ0n) is 12.8. The molecule has 0 aromatic heterocycles. The Morgan fingerprint density at radius 1 is 1.32 bits per heavy atom. The summed E-state index contributed by atoms with van der Waals surface area (Å²) in [4.78, 5) is 0. The lowest BCUT2D eigenvalue weighted by molar-refractivity contribution is 0.241. The molecule has 0 amide bonds. The van der Waals surface area contributed by atoms with Crippen LogP contribution in [0.15, 0.2) is 23.3 Å². The molecule has 0 aliphatic rings. The van der Waals surface area contributed by atoms with E-state index in [0.29, 0.717) is 23.6 Å². The van der Waals surface area contributed by atoms with Crippen molar-refractivity contribution >= 4 is 5.69 Å². The lowest BCUT2D eigenvalue weighted by Gasteiger charge is -2.23. The molecular formula is C16H26N2O. The van der Waals surface area contributed by atoms with Gasteiger partial charge in [-0.15, -0.1) is 0 Å². The zero-order chi connectivity index (χ0) is 14.5. The van der Waals surface area contributed by atoms with Crippen LogP contribution in [-0.2, 0) is 0 Å². The molecule has 3 nitrogen and oxygen atoms in total. The Morgan fingerprint density at radius 3 is 2.58 bits per heavy atom. The molecule has 106 valence electrons. The second-order valence-corrected chi connectivity index (χ2v) is 6.59. The Kier molecular flexibility index (Phi) is 5.52. The molecule has 1 N–H and O–H groups in total. The zero-order valence-corrected chi connectivity index (χ0v) is 12.8. The van der Waals surface area contributed by atoms with Gasteiger partial charge in [0.15, 0.2) is 0 Å². The van der Waals surface area contributed by atoms with Gasteiger partial charge in [0.05, 0.1) is 6.61 Å². The molecule has 0 heterocycles. The minimum atomic E-state index is 0.365. The topological polar surface area (TPSA) is 45.4 Å². The van der Waals surface area contributed by atoms with Gasteiger partial charge in [-0.3, -0.25) is 0 Å². The van der Waals surface area contributed by atoms with Crippen LogP contribution in [-0.4, -0.2) is 6.61 Å². The van der Waals surface area contributed by atoms with Gasteiger partial charge in [-0.05, 0) is 48.8 Å². The first kappa shape index (κ1) is 15.7. The Hall–Kier alpha value is -1.38. The first-order valence-corrected chi connectivity index (χ1v) is 6.93. The van der Waals surface area contributed by atoms with Crippen molar-refractivity contribution in [2.75, 3.05) is 6.61 Å². The Morgan fingerprint density at radius 2 is 2.00 bits per heavy atom. The van der Waals surface area contributed by atoms with Gasteiger partial charge in [-0.1, -0.05) is 33.8 Å². The molecule has 1 unspecified atom stereocenters. The number of hydrogen-bond donors (Lipinski definition) is 1. The second kappa shape index (κ2) is 6.69. The summed E-state index contributed by atoms with van der Waals surface area (Å²) in [7, 11) is 0. The fourth-order valence-corrected chi connectivity index (χ4v) is 2.35. The molecule has 0 saturated carbocycles. The highest BCUT2D eigenvalue weighted by molar-refractivity contribution is 5.52. The Balaban J connectivity index is 2.49. The SMILES string of the molecule is Cc1ccc(N=N)c(OCCC(C)CC(C)(C)C)c1. The third-order valence-electron chi connectivity index (χ3n) is 3.06. The average Bonchev–Trinajstić information content (AvgIpc) is 2.27. The third-order valence-corrected chi connectivity index (χ3v) is 3.06. The van der Waals surface area contributed by atoms with Crippen LogP contribution in [0.5, 0.6) is 5.75 Å². The summed E-state index contributed by atoms with van der Waals surface area (Å²) in [6.45, 7) is 11.8. The second-order valence-electron chi connectivity index (χ2n) is 6.59. The van der Waals surface area contributed by atoms with Crippen molar-refractivity contribution in [1.82, 2.24) is 0 Å². The predicted octanol–water partition coefficient (Wildman–Crippen LogP) is 5.50. The van der Waals surface area contributed by atoms with Gasteiger partial charge >= 0.3 is 0 Å². The van der Waals surface area contributed by atoms with Gasteiger partial charge in [0.25, 0.3) is 0 Å². The van der Waals surface area contributed by atoms with Gasteiger partial charge in [-0.25, -0.2) is 5.53 Å². The third kappa shape index (κ3) is 5.86. The fraction of sp³-hybridized carbons (Fsp3) is 0.625. The van der Waals surface area contributed by atoms with E-state index in [1.54, 1.807) is 0 Å². The highest BCUT2D eigenvalue weighted by Gasteiger charge is 2.15. The van der Waals surface area contributed by atoms with E-state index in [1.165, 1.54) is 6.42 Å². The standard InChI is InChI=1S/C16H26N2O/c1-12-6-7-14(18-17)15(10-12)19-9-8-13(2)11-16(3,4)5/h6-7,10,13,17H,8-9,11H2,1-5H3. The normalized spacial score (nSPS) is 13.1. The largest absolute Gasteiger partial charge is 0.491 e. The number of nitrogens with one attached hydrogen (secondary N) is 1. The maximum Gasteiger partial charge on any atom is 0.147 e. The molecule has 3 heteroatoms. The summed E-state index contributed by atoms with van der Waals surface area (Å²) in [6, 6.07) is 5.72. The van der Waals surface area contributed by atoms with E-state index < -0.39 is 0 Å². The maximum absolute atomic E-state index is 7.14. The first-order valence-electron chi connectivity index (χ1n) is 6.93. The number of ether oxygens (including phenoxy) is 1. The molecular weight excluding hydrogens is 236 g/mol. The van der Waals surface area contributed by atoms with Gasteiger partial charge in [-0.2, -0.15) is 5.11 Å². The van der Waals surface area contributed by atoms with Crippen LogP contribution in [0.3, 0.4) is 0 Å². The summed E-state index contributed by atoms with van der Waals surface area (Å²) in [6.07, 6.45) is 2.22. The van der Waals surface area contributed by atoms with Crippen LogP contribution < -0.4 is 4.74 Å². The summed E-state index contributed by atoms with van der Waals surface area (Å²) in [5.41, 5.74) is 9.24. The first-order chi connectivity index (χ1) is 8.81. The number of rotatable bonds is 6. The molecule has 1 aromatic carbocycles. The molecule has 1 atom stereocenters. The summed E-state index contributed by atoms with van der Waals surface area (Å²) < 4.78 is 5.78. The van der Waals surface area contributed by atoms with E-state index in [0.717, 1.165) is 17.7 Å². The van der Waals surface area contributed by atoms with Crippen molar-refractivity contribution < 1.29 is 4.74 Å². The molecule has 0 spiro atoms. The highest BCUT2D eigenvalue weighted by atomic mass is 16.5. The van der Waals surface area contributed by atoms with Crippen molar-refractivity contribution in [3.8, 4) is 5.75 Å². The minimum absolute atomic E-state index is 0.365. The monoisotopic (exact) mass is 262 g/mol. The van der Waals surface area contributed by atoms with Crippen LogP contribution >= 0.6 is 0 Å². The van der Waals surface area contributed by atoms with E-state index in [9.17, 15) is 0 Å². The molecule has 0 saturated heterocycles. The Labute approximate surface area is 116 Å². The predicted molar refractivity (Wildman–Crippen MR) is 79.3 cm³/mol. The number of benzene rings is 1. The molecule has 0 fully saturated rings. The quantitative estimate of drug-likeness (QED) is 0.676. The lowest BCUT2D eigenvalue weighted by atomic mass is 9.84. The smallest absolute Gasteiger partial charge is 0.147 e. The molecule has 19 heavy (non-hydrogen) atoms. The molecule has 1 rings (SSSR count). The van der Waals surface area contributed by atoms with Gasteiger partial charge in [0, 0.05) is 0 Å². The van der Waals surface area contributed by atoms with Crippen molar-refractivity contribution in [3.05, 3.63) is 23.8 Å². The van der Waals surface area contributed by atoms with Crippen LogP contribution in [0.2, 0.25) is 0 Å². The van der Waals surface area contributed by atoms with Crippen LogP contribution in [0.4, 0.5) is 5.69 Å². The maximum atomic E-state index is 7.14. The van der Waals surface area contributed by atoms with Crippen LogP contribution in [0, 0.1) is 23.8 Å². The van der Waals surface area contributed by atoms with E-state index in [1.807, 2.05) is 25.1 Å². The number of hydrogen-bond acceptors (Lipinski definition) is 3. The van der Waals surface area contributed by atoms with Gasteiger partial charge < -0.3 is 4.74 Å². The number of nitrogens with zero attached hydrogens (tertiary/aromatic N) is 1. The molecule has 0 bridgehead atoms. The fourth-order valence-electron chi connectivity index (χ4n) is 2.35. The molecule has 0 aliphatic heterocycles. The minimum Gasteiger partial charge on any atom is -0.491 e. The van der Waals surface area contributed by atoms with E-state index in [2.05, 4.69) is 32.8 Å². The summed E-state index contributed by atoms with van der Waals surface area (Å²) in [5.74, 6) is 1.36. The van der Waals surface area contributed by atoms with E-state index >= 15 is 0 Å². The molecule has 0 aliphatic carbocycles. The lowest BCUT2D eigenvalue weighted by Crippen LogP contribution is -2.13. The summed E-state index contributed by atoms with van der Waals surface area (Å²) >= 11 is 0. The number of aryl methyl sites for hydroxylation is 1. The van der Waals surface area contributed by atoms with Gasteiger partial charge in [0.2, 0.25) is 0 Å². The van der Waals surface area contributed by atoms with E-state index in [4.69, 9.17) is 10.3 Å². The van der Waals surface area contributed by atoms with Crippen molar-refractivity contribution in [2.45, 2.75) is 47.5 Å². The van der Waals surface area contributed by atoms with Crippen molar-refractivity contribution in [1.29, 1.82) is 5.53 Å². The van der Waals surface area contributed by atoms with Crippen LogP contribution in [0.1, 0.15) is 46.1 Å². The molecule has 0 radical (unpaired) electrons. The Bertz CT molecular complexity index is 421. The summed E-state index contributed by atoms with van der Waals surface area (Å²) in [5, 5.41) is 3.49.